The number of carbonyl (C=O) groups excluding carboxylic acids is 1. The number of ether oxygens (including phenoxy) is 2. The fourth-order valence-corrected chi connectivity index (χ4v) is 2.40. The van der Waals surface area contributed by atoms with Crippen LogP contribution in [0.5, 0.6) is 5.75 Å². The van der Waals surface area contributed by atoms with E-state index in [9.17, 15) is 14.7 Å². The molecule has 0 radical (unpaired) electrons. The molecule has 0 spiro atoms. The van der Waals surface area contributed by atoms with Gasteiger partial charge >= 0.3 is 5.97 Å². The molecule has 1 saturated heterocycles. The summed E-state index contributed by atoms with van der Waals surface area (Å²) in [5.41, 5.74) is -0.240. The van der Waals surface area contributed by atoms with Crippen LogP contribution in [0.2, 0.25) is 0 Å². The van der Waals surface area contributed by atoms with Crippen molar-refractivity contribution in [1.29, 1.82) is 0 Å². The highest BCUT2D eigenvalue weighted by Gasteiger charge is 2.42. The van der Waals surface area contributed by atoms with E-state index < -0.39 is 23.5 Å². The van der Waals surface area contributed by atoms with Crippen LogP contribution >= 0.6 is 0 Å². The largest absolute Gasteiger partial charge is 0.481 e. The fourth-order valence-electron chi connectivity index (χ4n) is 2.40. The molecule has 1 atom stereocenters. The second kappa shape index (κ2) is 6.79. The summed E-state index contributed by atoms with van der Waals surface area (Å²) in [4.78, 5) is 23.8. The highest BCUT2D eigenvalue weighted by atomic mass is 16.5. The summed E-state index contributed by atoms with van der Waals surface area (Å²) in [5.74, 6) is -0.892. The minimum Gasteiger partial charge on any atom is -0.481 e. The lowest BCUT2D eigenvalue weighted by molar-refractivity contribution is -0.153. The number of hydrogen-bond donors (Lipinski definition) is 2. The Morgan fingerprint density at radius 2 is 2.05 bits per heavy atom. The molecule has 1 aliphatic rings. The average Bonchev–Trinajstić information content (AvgIpc) is 2.48. The van der Waals surface area contributed by atoms with Gasteiger partial charge in [-0.1, -0.05) is 12.1 Å². The molecule has 22 heavy (non-hydrogen) atoms. The molecule has 1 aliphatic heterocycles. The van der Waals surface area contributed by atoms with Crippen LogP contribution in [0.25, 0.3) is 0 Å². The Labute approximate surface area is 129 Å². The third-order valence-electron chi connectivity index (χ3n) is 3.79. The Morgan fingerprint density at radius 1 is 1.36 bits per heavy atom. The van der Waals surface area contributed by atoms with Crippen LogP contribution in [0.4, 0.5) is 0 Å². The van der Waals surface area contributed by atoms with E-state index in [2.05, 4.69) is 5.32 Å². The first-order chi connectivity index (χ1) is 10.4. The third-order valence-corrected chi connectivity index (χ3v) is 3.79. The van der Waals surface area contributed by atoms with E-state index in [4.69, 9.17) is 9.47 Å². The van der Waals surface area contributed by atoms with Gasteiger partial charge in [0.05, 0.1) is 0 Å². The van der Waals surface area contributed by atoms with Crippen molar-refractivity contribution in [3.05, 3.63) is 29.8 Å². The van der Waals surface area contributed by atoms with Crippen molar-refractivity contribution in [2.45, 2.75) is 38.3 Å². The smallest absolute Gasteiger partial charge is 0.329 e. The maximum Gasteiger partial charge on any atom is 0.329 e. The van der Waals surface area contributed by atoms with E-state index in [-0.39, 0.29) is 12.8 Å². The zero-order valence-corrected chi connectivity index (χ0v) is 12.8. The van der Waals surface area contributed by atoms with Gasteiger partial charge in [-0.3, -0.25) is 4.79 Å². The minimum absolute atomic E-state index is 0.255. The molecule has 120 valence electrons. The summed E-state index contributed by atoms with van der Waals surface area (Å²) in [6.45, 7) is 4.17. The zero-order chi connectivity index (χ0) is 16.2. The summed E-state index contributed by atoms with van der Waals surface area (Å²) >= 11 is 0. The van der Waals surface area contributed by atoms with Gasteiger partial charge in [-0.2, -0.15) is 0 Å². The molecule has 1 aromatic carbocycles. The van der Waals surface area contributed by atoms with Crippen LogP contribution in [-0.4, -0.2) is 41.8 Å². The number of benzene rings is 1. The Bertz CT molecular complexity index is 551. The number of aryl methyl sites for hydroxylation is 1. The molecule has 2 rings (SSSR count). The molecular weight excluding hydrogens is 286 g/mol. The first-order valence-electron chi connectivity index (χ1n) is 7.29. The molecule has 1 heterocycles. The van der Waals surface area contributed by atoms with Crippen LogP contribution < -0.4 is 10.1 Å². The molecule has 6 heteroatoms. The van der Waals surface area contributed by atoms with Crippen LogP contribution in [0.1, 0.15) is 25.3 Å². The van der Waals surface area contributed by atoms with Crippen molar-refractivity contribution >= 4 is 11.9 Å². The van der Waals surface area contributed by atoms with E-state index in [1.54, 1.807) is 13.0 Å². The summed E-state index contributed by atoms with van der Waals surface area (Å²) in [5, 5.41) is 12.1. The summed E-state index contributed by atoms with van der Waals surface area (Å²) in [6.07, 6.45) is -0.267. The minimum atomic E-state index is -1.26. The van der Waals surface area contributed by atoms with Gasteiger partial charge in [-0.15, -0.1) is 0 Å². The number of carboxylic acid groups (broad SMARTS) is 1. The zero-order valence-electron chi connectivity index (χ0n) is 12.8. The van der Waals surface area contributed by atoms with Gasteiger partial charge in [0.15, 0.2) is 6.10 Å². The molecule has 0 saturated carbocycles. The summed E-state index contributed by atoms with van der Waals surface area (Å²) < 4.78 is 10.8. The number of rotatable bonds is 5. The number of carboxylic acids is 1. The van der Waals surface area contributed by atoms with E-state index in [0.717, 1.165) is 5.56 Å². The second-order valence-electron chi connectivity index (χ2n) is 5.57. The third kappa shape index (κ3) is 3.76. The molecule has 2 N–H and O–H groups in total. The maximum atomic E-state index is 12.3. The lowest BCUT2D eigenvalue weighted by Crippen LogP contribution is -2.59. The van der Waals surface area contributed by atoms with Gasteiger partial charge < -0.3 is 19.9 Å². The van der Waals surface area contributed by atoms with E-state index in [1.165, 1.54) is 0 Å². The van der Waals surface area contributed by atoms with Crippen LogP contribution in [-0.2, 0) is 14.3 Å². The first kappa shape index (κ1) is 16.3. The molecule has 1 amide bonds. The second-order valence-corrected chi connectivity index (χ2v) is 5.57. The first-order valence-corrected chi connectivity index (χ1v) is 7.29. The normalized spacial score (nSPS) is 18.3. The Kier molecular flexibility index (Phi) is 5.03. The predicted molar refractivity (Wildman–Crippen MR) is 79.8 cm³/mol. The molecule has 1 fully saturated rings. The Morgan fingerprint density at radius 3 is 2.64 bits per heavy atom. The van der Waals surface area contributed by atoms with Gasteiger partial charge in [0, 0.05) is 26.1 Å². The number of aliphatic carboxylic acids is 1. The lowest BCUT2D eigenvalue weighted by atomic mass is 9.90. The maximum absolute atomic E-state index is 12.3. The summed E-state index contributed by atoms with van der Waals surface area (Å²) in [7, 11) is 0. The topological polar surface area (TPSA) is 84.9 Å². The van der Waals surface area contributed by atoms with Crippen LogP contribution in [0.3, 0.4) is 0 Å². The number of carbonyl (C=O) groups is 2. The Hall–Kier alpha value is -2.08. The van der Waals surface area contributed by atoms with Gasteiger partial charge in [0.2, 0.25) is 0 Å². The standard InChI is InChI=1S/C16H21NO5/c1-11-4-3-5-13(10-11)22-12(2)14(18)17-16(15(19)20)6-8-21-9-7-16/h3-5,10,12H,6-9H2,1-2H3,(H,17,18)(H,19,20). The summed E-state index contributed by atoms with van der Waals surface area (Å²) in [6, 6.07) is 7.36. The van der Waals surface area contributed by atoms with E-state index in [0.29, 0.717) is 19.0 Å². The molecule has 0 aliphatic carbocycles. The molecule has 1 aromatic rings. The van der Waals surface area contributed by atoms with Crippen molar-refractivity contribution in [2.24, 2.45) is 0 Å². The monoisotopic (exact) mass is 307 g/mol. The van der Waals surface area contributed by atoms with Crippen molar-refractivity contribution < 1.29 is 24.2 Å². The SMILES string of the molecule is Cc1cccc(OC(C)C(=O)NC2(C(=O)O)CCOCC2)c1. The van der Waals surface area contributed by atoms with Crippen molar-refractivity contribution in [1.82, 2.24) is 5.32 Å². The highest BCUT2D eigenvalue weighted by molar-refractivity contribution is 5.89. The average molecular weight is 307 g/mol. The highest BCUT2D eigenvalue weighted by Crippen LogP contribution is 2.22. The molecular formula is C16H21NO5. The fraction of sp³-hybridized carbons (Fsp3) is 0.500. The molecule has 1 unspecified atom stereocenters. The molecule has 0 aromatic heterocycles. The van der Waals surface area contributed by atoms with Gasteiger partial charge in [-0.25, -0.2) is 4.79 Å². The van der Waals surface area contributed by atoms with E-state index >= 15 is 0 Å². The van der Waals surface area contributed by atoms with Gasteiger partial charge in [-0.05, 0) is 31.5 Å². The van der Waals surface area contributed by atoms with Crippen LogP contribution in [0, 0.1) is 6.92 Å². The lowest BCUT2D eigenvalue weighted by Gasteiger charge is -2.34. The van der Waals surface area contributed by atoms with E-state index in [1.807, 2.05) is 25.1 Å². The van der Waals surface area contributed by atoms with Crippen molar-refractivity contribution in [3.63, 3.8) is 0 Å². The van der Waals surface area contributed by atoms with Crippen molar-refractivity contribution in [3.8, 4) is 5.75 Å². The van der Waals surface area contributed by atoms with Crippen molar-refractivity contribution in [2.75, 3.05) is 13.2 Å². The predicted octanol–water partition coefficient (Wildman–Crippen LogP) is 1.51. The Balaban J connectivity index is 2.02. The van der Waals surface area contributed by atoms with Crippen LogP contribution in [0.15, 0.2) is 24.3 Å². The molecule has 6 nitrogen and oxygen atoms in total. The number of hydrogen-bond acceptors (Lipinski definition) is 4. The van der Waals surface area contributed by atoms with Gasteiger partial charge in [0.1, 0.15) is 11.3 Å². The molecule has 0 bridgehead atoms. The number of nitrogens with one attached hydrogen (secondary N) is 1. The quantitative estimate of drug-likeness (QED) is 0.861. The van der Waals surface area contributed by atoms with Gasteiger partial charge in [0.25, 0.3) is 5.91 Å². The number of amides is 1.